The van der Waals surface area contributed by atoms with Gasteiger partial charge in [-0.15, -0.1) is 0 Å². The second kappa shape index (κ2) is 11.3. The molecule has 2 fully saturated rings. The van der Waals surface area contributed by atoms with Crippen LogP contribution in [0.5, 0.6) is 0 Å². The zero-order valence-electron chi connectivity index (χ0n) is 15.0. The zero-order valence-corrected chi connectivity index (χ0v) is 17.0. The van der Waals surface area contributed by atoms with Gasteiger partial charge in [0.2, 0.25) is 5.91 Å². The first-order valence-electron chi connectivity index (χ1n) is 8.58. The fourth-order valence-corrected chi connectivity index (χ4v) is 3.44. The Labute approximate surface area is 170 Å². The molecule has 2 aliphatic heterocycles. The quantitative estimate of drug-likeness (QED) is 0.589. The molecule has 0 N–H and O–H groups in total. The van der Waals surface area contributed by atoms with E-state index in [1.54, 1.807) is 0 Å². The van der Waals surface area contributed by atoms with Crippen LogP contribution in [0.4, 0.5) is 0 Å². The van der Waals surface area contributed by atoms with Crippen LogP contribution in [0.3, 0.4) is 0 Å². The SMILES string of the molecule is O=C1CCCN1CCCN1CCN(Cc2ccccc2)CC1.[B-].[Na+]. The van der Waals surface area contributed by atoms with Crippen LogP contribution in [0.1, 0.15) is 24.8 Å². The van der Waals surface area contributed by atoms with Gasteiger partial charge in [-0.1, -0.05) is 30.3 Å². The topological polar surface area (TPSA) is 26.8 Å². The van der Waals surface area contributed by atoms with E-state index in [2.05, 4.69) is 40.1 Å². The van der Waals surface area contributed by atoms with E-state index in [1.165, 1.54) is 5.56 Å². The maximum Gasteiger partial charge on any atom is 1.00 e. The van der Waals surface area contributed by atoms with E-state index in [0.717, 1.165) is 71.6 Å². The van der Waals surface area contributed by atoms with Gasteiger partial charge in [0.05, 0.1) is 0 Å². The zero-order chi connectivity index (χ0) is 15.2. The summed E-state index contributed by atoms with van der Waals surface area (Å²) in [6.07, 6.45) is 2.93. The van der Waals surface area contributed by atoms with Crippen molar-refractivity contribution in [2.24, 2.45) is 0 Å². The molecule has 6 heteroatoms. The average Bonchev–Trinajstić information content (AvgIpc) is 2.95. The smallest absolute Gasteiger partial charge is 1.00 e. The first kappa shape index (κ1) is 21.7. The Hall–Kier alpha value is -0.325. The van der Waals surface area contributed by atoms with Gasteiger partial charge in [-0.3, -0.25) is 9.69 Å². The monoisotopic (exact) mass is 335 g/mol. The largest absolute Gasteiger partial charge is 1.00 e. The van der Waals surface area contributed by atoms with Crippen molar-refractivity contribution in [2.75, 3.05) is 45.8 Å². The Kier molecular flexibility index (Phi) is 10.2. The van der Waals surface area contributed by atoms with Crippen molar-refractivity contribution in [2.45, 2.75) is 25.8 Å². The first-order chi connectivity index (χ1) is 10.8. The van der Waals surface area contributed by atoms with Crippen molar-refractivity contribution in [3.63, 3.8) is 0 Å². The molecule has 0 aromatic heterocycles. The van der Waals surface area contributed by atoms with E-state index in [9.17, 15) is 4.79 Å². The van der Waals surface area contributed by atoms with Crippen LogP contribution in [-0.2, 0) is 11.3 Å². The third kappa shape index (κ3) is 6.53. The number of carbonyl (C=O) groups is 1. The molecule has 0 saturated carbocycles. The number of hydrogen-bond donors (Lipinski definition) is 0. The number of likely N-dealkylation sites (tertiary alicyclic amines) is 1. The van der Waals surface area contributed by atoms with Crippen molar-refractivity contribution in [3.05, 3.63) is 35.9 Å². The van der Waals surface area contributed by atoms with Gasteiger partial charge < -0.3 is 18.2 Å². The number of hydrogen-bond acceptors (Lipinski definition) is 3. The molecule has 4 radical (unpaired) electrons. The van der Waals surface area contributed by atoms with Crippen LogP contribution in [0, 0.1) is 0 Å². The number of rotatable bonds is 6. The fourth-order valence-electron chi connectivity index (χ4n) is 3.44. The van der Waals surface area contributed by atoms with Crippen LogP contribution < -0.4 is 29.6 Å². The van der Waals surface area contributed by atoms with Gasteiger partial charge in [0.1, 0.15) is 0 Å². The van der Waals surface area contributed by atoms with E-state index >= 15 is 0 Å². The molecule has 2 aliphatic rings. The predicted molar refractivity (Wildman–Crippen MR) is 94.3 cm³/mol. The molecule has 0 spiro atoms. The number of nitrogens with zero attached hydrogens (tertiary/aromatic N) is 3. The molecule has 1 amide bonds. The Morgan fingerprint density at radius 1 is 0.875 bits per heavy atom. The molecule has 0 unspecified atom stereocenters. The molecule has 24 heavy (non-hydrogen) atoms. The van der Waals surface area contributed by atoms with Crippen molar-refractivity contribution in [3.8, 4) is 0 Å². The van der Waals surface area contributed by atoms with E-state index in [4.69, 9.17) is 0 Å². The minimum atomic E-state index is 0. The van der Waals surface area contributed by atoms with Gasteiger partial charge in [0, 0.05) is 52.2 Å². The van der Waals surface area contributed by atoms with Crippen LogP contribution in [-0.4, -0.2) is 74.8 Å². The summed E-state index contributed by atoms with van der Waals surface area (Å²) >= 11 is 0. The summed E-state index contributed by atoms with van der Waals surface area (Å²) in [5.74, 6) is 0.354. The van der Waals surface area contributed by atoms with E-state index < -0.39 is 0 Å². The molecule has 0 atom stereocenters. The number of benzene rings is 1. The summed E-state index contributed by atoms with van der Waals surface area (Å²) in [5, 5.41) is 0. The van der Waals surface area contributed by atoms with Crippen LogP contribution in [0.15, 0.2) is 30.3 Å². The summed E-state index contributed by atoms with van der Waals surface area (Å²) in [4.78, 5) is 18.7. The van der Waals surface area contributed by atoms with Crippen molar-refractivity contribution in [1.29, 1.82) is 0 Å². The Morgan fingerprint density at radius 3 is 2.17 bits per heavy atom. The van der Waals surface area contributed by atoms with E-state index in [-0.39, 0.29) is 38.0 Å². The molecular weight excluding hydrogens is 308 g/mol. The molecular formula is C18H27BN3NaO. The molecule has 4 nitrogen and oxygen atoms in total. The Balaban J connectivity index is 0.00000144. The molecule has 124 valence electrons. The third-order valence-corrected chi connectivity index (χ3v) is 4.79. The van der Waals surface area contributed by atoms with Gasteiger partial charge >= 0.3 is 29.6 Å². The summed E-state index contributed by atoms with van der Waals surface area (Å²) in [5.41, 5.74) is 1.41. The molecule has 1 aromatic carbocycles. The summed E-state index contributed by atoms with van der Waals surface area (Å²) in [6.45, 7) is 8.73. The van der Waals surface area contributed by atoms with Crippen molar-refractivity contribution >= 4 is 14.3 Å². The number of amides is 1. The molecule has 2 saturated heterocycles. The summed E-state index contributed by atoms with van der Waals surface area (Å²) in [6, 6.07) is 10.7. The predicted octanol–water partition coefficient (Wildman–Crippen LogP) is -1.56. The van der Waals surface area contributed by atoms with E-state index in [1.807, 2.05) is 4.90 Å². The molecule has 1 aromatic rings. The first-order valence-corrected chi connectivity index (χ1v) is 8.58. The Morgan fingerprint density at radius 2 is 1.54 bits per heavy atom. The van der Waals surface area contributed by atoms with Crippen LogP contribution in [0.25, 0.3) is 0 Å². The minimum Gasteiger partial charge on any atom is -1.00 e. The molecule has 3 rings (SSSR count). The fraction of sp³-hybridized carbons (Fsp3) is 0.611. The van der Waals surface area contributed by atoms with Gasteiger partial charge in [-0.05, 0) is 24.9 Å². The maximum absolute atomic E-state index is 11.6. The second-order valence-corrected chi connectivity index (χ2v) is 6.44. The maximum atomic E-state index is 11.6. The normalized spacial score (nSPS) is 19.0. The van der Waals surface area contributed by atoms with Crippen molar-refractivity contribution < 1.29 is 34.4 Å². The van der Waals surface area contributed by atoms with Gasteiger partial charge in [-0.2, -0.15) is 0 Å². The molecule has 2 heterocycles. The molecule has 0 bridgehead atoms. The number of carbonyl (C=O) groups excluding carboxylic acids is 1. The average molecular weight is 335 g/mol. The third-order valence-electron chi connectivity index (χ3n) is 4.79. The number of piperazine rings is 1. The standard InChI is InChI=1S/C18H27N3O.B.Na/c22-18-8-4-10-21(18)11-5-9-19-12-14-20(15-13-19)16-17-6-2-1-3-7-17;;/h1-3,6-7H,4-5,8-16H2;;/q;-1;+1. The van der Waals surface area contributed by atoms with Gasteiger partial charge in [0.25, 0.3) is 0 Å². The summed E-state index contributed by atoms with van der Waals surface area (Å²) < 4.78 is 0. The van der Waals surface area contributed by atoms with Crippen molar-refractivity contribution in [1.82, 2.24) is 14.7 Å². The minimum absolute atomic E-state index is 0. The van der Waals surface area contributed by atoms with E-state index in [0.29, 0.717) is 5.91 Å². The summed E-state index contributed by atoms with van der Waals surface area (Å²) in [7, 11) is 0. The van der Waals surface area contributed by atoms with Gasteiger partial charge in [-0.25, -0.2) is 0 Å². The van der Waals surface area contributed by atoms with Gasteiger partial charge in [0.15, 0.2) is 0 Å². The molecule has 0 aliphatic carbocycles. The second-order valence-electron chi connectivity index (χ2n) is 6.44. The Bertz CT molecular complexity index is 480. The van der Waals surface area contributed by atoms with Crippen LogP contribution in [0.2, 0.25) is 0 Å². The van der Waals surface area contributed by atoms with Crippen LogP contribution >= 0.6 is 0 Å².